The van der Waals surface area contributed by atoms with Crippen LogP contribution >= 0.6 is 0 Å². The molecule has 4 rings (SSSR count). The maximum absolute atomic E-state index is 15.3. The number of halogens is 3. The number of sulfone groups is 1. The topological polar surface area (TPSA) is 118 Å². The number of hydrogen-bond donors (Lipinski definition) is 2. The van der Waals surface area contributed by atoms with Crippen LogP contribution in [0, 0.1) is 12.7 Å². The lowest BCUT2D eigenvalue weighted by atomic mass is 9.91. The fraction of sp³-hybridized carbons (Fsp3) is 0.480. The Kier molecular flexibility index (Phi) is 7.21. The van der Waals surface area contributed by atoms with Crippen LogP contribution in [0.2, 0.25) is 0 Å². The molecular weight excluding hydrogens is 523 g/mol. The van der Waals surface area contributed by atoms with Gasteiger partial charge in [0.25, 0.3) is 0 Å². The molecule has 0 amide bonds. The second-order valence-corrected chi connectivity index (χ2v) is 12.2. The molecule has 0 bridgehead atoms. The lowest BCUT2D eigenvalue weighted by Crippen LogP contribution is -2.41. The fourth-order valence-corrected chi connectivity index (χ4v) is 5.55. The van der Waals surface area contributed by atoms with Gasteiger partial charge in [-0.05, 0) is 39.8 Å². The van der Waals surface area contributed by atoms with Gasteiger partial charge in [0.15, 0.2) is 15.7 Å². The molecule has 0 saturated carbocycles. The summed E-state index contributed by atoms with van der Waals surface area (Å²) < 4.78 is 74.3. The van der Waals surface area contributed by atoms with Crippen molar-refractivity contribution in [2.24, 2.45) is 0 Å². The van der Waals surface area contributed by atoms with Crippen molar-refractivity contribution in [3.63, 3.8) is 0 Å². The summed E-state index contributed by atoms with van der Waals surface area (Å²) in [5.74, 6) is -4.46. The smallest absolute Gasteiger partial charge is 0.303 e. The predicted octanol–water partition coefficient (Wildman–Crippen LogP) is 3.75. The monoisotopic (exact) mass is 553 g/mol. The molecule has 3 heterocycles. The normalized spacial score (nSPS) is 16.9. The minimum Gasteiger partial charge on any atom is -0.480 e. The van der Waals surface area contributed by atoms with Crippen LogP contribution in [0.3, 0.4) is 0 Å². The van der Waals surface area contributed by atoms with Gasteiger partial charge in [0.2, 0.25) is 5.88 Å². The zero-order valence-corrected chi connectivity index (χ0v) is 22.5. The molecule has 206 valence electrons. The molecular formula is C25H30F3N5O4S. The van der Waals surface area contributed by atoms with Gasteiger partial charge in [-0.1, -0.05) is 12.1 Å². The van der Waals surface area contributed by atoms with Gasteiger partial charge in [-0.2, -0.15) is 13.9 Å². The number of benzene rings is 1. The van der Waals surface area contributed by atoms with Gasteiger partial charge in [0.05, 0.1) is 35.9 Å². The molecule has 2 aromatic heterocycles. The van der Waals surface area contributed by atoms with Crippen LogP contribution in [0.4, 0.5) is 24.7 Å². The average molecular weight is 554 g/mol. The highest BCUT2D eigenvalue weighted by molar-refractivity contribution is 7.91. The van der Waals surface area contributed by atoms with Gasteiger partial charge in [-0.25, -0.2) is 17.8 Å². The molecule has 1 saturated heterocycles. The molecule has 0 radical (unpaired) electrons. The van der Waals surface area contributed by atoms with Gasteiger partial charge in [-0.15, -0.1) is 5.10 Å². The number of aryl methyl sites for hydroxylation is 1. The summed E-state index contributed by atoms with van der Waals surface area (Å²) in [6.45, 7) is 5.66. The van der Waals surface area contributed by atoms with Crippen molar-refractivity contribution in [2.75, 3.05) is 41.9 Å². The van der Waals surface area contributed by atoms with Crippen LogP contribution < -0.4 is 15.0 Å². The molecule has 1 aromatic carbocycles. The van der Waals surface area contributed by atoms with Gasteiger partial charge in [0.1, 0.15) is 22.6 Å². The number of aromatic nitrogens is 3. The Balaban J connectivity index is 1.75. The maximum Gasteiger partial charge on any atom is 0.303 e. The molecule has 0 unspecified atom stereocenters. The minimum absolute atomic E-state index is 0.00511. The Labute approximate surface area is 219 Å². The van der Waals surface area contributed by atoms with Crippen LogP contribution in [-0.4, -0.2) is 66.0 Å². The van der Waals surface area contributed by atoms with Crippen molar-refractivity contribution in [3.8, 4) is 5.88 Å². The van der Waals surface area contributed by atoms with E-state index in [1.807, 2.05) is 4.90 Å². The van der Waals surface area contributed by atoms with E-state index >= 15 is 4.39 Å². The lowest BCUT2D eigenvalue weighted by molar-refractivity contribution is -0.170. The van der Waals surface area contributed by atoms with E-state index in [4.69, 9.17) is 4.74 Å². The number of nitrogens with one attached hydrogen (secondary N) is 1. The summed E-state index contributed by atoms with van der Waals surface area (Å²) >= 11 is 0. The number of hydrogen-bond acceptors (Lipinski definition) is 9. The van der Waals surface area contributed by atoms with E-state index in [0.29, 0.717) is 28.2 Å². The van der Waals surface area contributed by atoms with Gasteiger partial charge in [0, 0.05) is 24.0 Å². The highest BCUT2D eigenvalue weighted by atomic mass is 32.2. The first-order valence-corrected chi connectivity index (χ1v) is 13.8. The number of rotatable bonds is 7. The average Bonchev–Trinajstić information content (AvgIpc) is 2.84. The van der Waals surface area contributed by atoms with Crippen LogP contribution in [0.25, 0.3) is 10.9 Å². The molecule has 2 N–H and O–H groups in total. The number of nitrogens with zero attached hydrogens (tertiary/aromatic N) is 4. The molecule has 1 fully saturated rings. The SMILES string of the molecule is COc1nc2c(C)nnc(N[C@H](C)c3cccc(C(F)(F)C(C)(C)O)c3F)c2cc1N1CCS(=O)(=O)CC1. The molecule has 0 spiro atoms. The van der Waals surface area contributed by atoms with Crippen LogP contribution in [-0.2, 0) is 15.8 Å². The third-order valence-electron chi connectivity index (χ3n) is 6.70. The summed E-state index contributed by atoms with van der Waals surface area (Å²) in [5, 5.41) is 21.8. The first-order chi connectivity index (χ1) is 17.7. The second-order valence-electron chi connectivity index (χ2n) is 9.89. The zero-order chi connectivity index (χ0) is 28.0. The molecule has 1 aliphatic rings. The Morgan fingerprint density at radius 2 is 1.84 bits per heavy atom. The fourth-order valence-electron chi connectivity index (χ4n) is 4.34. The van der Waals surface area contributed by atoms with Crippen molar-refractivity contribution >= 4 is 32.2 Å². The zero-order valence-electron chi connectivity index (χ0n) is 21.7. The van der Waals surface area contributed by atoms with E-state index in [9.17, 15) is 22.3 Å². The third-order valence-corrected chi connectivity index (χ3v) is 8.31. The quantitative estimate of drug-likeness (QED) is 0.451. The van der Waals surface area contributed by atoms with Crippen LogP contribution in [0.5, 0.6) is 5.88 Å². The summed E-state index contributed by atoms with van der Waals surface area (Å²) in [4.78, 5) is 6.44. The minimum atomic E-state index is -3.83. The van der Waals surface area contributed by atoms with E-state index in [0.717, 1.165) is 19.9 Å². The van der Waals surface area contributed by atoms with Crippen molar-refractivity contribution in [1.29, 1.82) is 0 Å². The van der Waals surface area contributed by atoms with Crippen molar-refractivity contribution in [2.45, 2.75) is 45.3 Å². The maximum atomic E-state index is 15.3. The van der Waals surface area contributed by atoms with Gasteiger partial charge >= 0.3 is 5.92 Å². The summed E-state index contributed by atoms with van der Waals surface area (Å²) in [5.41, 5.74) is -1.91. The van der Waals surface area contributed by atoms with E-state index in [1.165, 1.54) is 19.2 Å². The molecule has 9 nitrogen and oxygen atoms in total. The lowest BCUT2D eigenvalue weighted by Gasteiger charge is -2.30. The number of aliphatic hydroxyl groups is 1. The van der Waals surface area contributed by atoms with Crippen LogP contribution in [0.1, 0.15) is 43.6 Å². The summed E-state index contributed by atoms with van der Waals surface area (Å²) in [7, 11) is -1.66. The van der Waals surface area contributed by atoms with Gasteiger partial charge in [-0.3, -0.25) is 0 Å². The highest BCUT2D eigenvalue weighted by Gasteiger charge is 2.49. The van der Waals surface area contributed by atoms with Crippen molar-refractivity contribution in [1.82, 2.24) is 15.2 Å². The number of ether oxygens (including phenoxy) is 1. The molecule has 1 atom stereocenters. The molecule has 0 aliphatic carbocycles. The number of anilines is 2. The number of pyridine rings is 1. The number of alkyl halides is 2. The Bertz CT molecular complexity index is 1460. The number of fused-ring (bicyclic) bond motifs is 1. The standard InChI is InChI=1S/C25H30F3N5O4S/c1-14(16-7-6-8-18(20(16)26)25(27,28)24(3,4)34)29-22-17-13-19(33-9-11-38(35,36)12-10-33)23(37-5)30-21(17)15(2)31-32-22/h6-8,13-14,34H,9-12H2,1-5H3,(H,29,32)/t14-/m1/s1. The first kappa shape index (κ1) is 27.8. The summed E-state index contributed by atoms with van der Waals surface area (Å²) in [6, 6.07) is 4.57. The van der Waals surface area contributed by atoms with E-state index in [1.54, 1.807) is 19.9 Å². The van der Waals surface area contributed by atoms with E-state index in [2.05, 4.69) is 20.5 Å². The molecule has 3 aromatic rings. The Morgan fingerprint density at radius 3 is 2.45 bits per heavy atom. The number of methoxy groups -OCH3 is 1. The Hall–Kier alpha value is -3.19. The van der Waals surface area contributed by atoms with Gasteiger partial charge < -0.3 is 20.1 Å². The molecule has 38 heavy (non-hydrogen) atoms. The van der Waals surface area contributed by atoms with Crippen molar-refractivity contribution in [3.05, 3.63) is 46.9 Å². The first-order valence-electron chi connectivity index (χ1n) is 12.0. The third kappa shape index (κ3) is 5.08. The highest BCUT2D eigenvalue weighted by Crippen LogP contribution is 2.41. The summed E-state index contributed by atoms with van der Waals surface area (Å²) in [6.07, 6.45) is 0. The Morgan fingerprint density at radius 1 is 1.18 bits per heavy atom. The molecule has 1 aliphatic heterocycles. The molecule has 13 heteroatoms. The van der Waals surface area contributed by atoms with Crippen LogP contribution in [0.15, 0.2) is 24.3 Å². The van der Waals surface area contributed by atoms with Crippen molar-refractivity contribution < 1.29 is 31.4 Å². The van der Waals surface area contributed by atoms with E-state index < -0.39 is 38.8 Å². The largest absolute Gasteiger partial charge is 0.480 e. The second kappa shape index (κ2) is 9.84. The predicted molar refractivity (Wildman–Crippen MR) is 138 cm³/mol. The van der Waals surface area contributed by atoms with E-state index in [-0.39, 0.29) is 36.0 Å².